The number of hydrogen-bond acceptors (Lipinski definition) is 4. The largest absolute Gasteiger partial charge is 0.381 e. The molecular weight excluding hydrogens is 308 g/mol. The van der Waals surface area contributed by atoms with Crippen LogP contribution in [0, 0.1) is 6.92 Å². The minimum atomic E-state index is -0.769. The van der Waals surface area contributed by atoms with Crippen LogP contribution in [0.1, 0.15) is 41.7 Å². The Hall–Kier alpha value is -0.620. The molecule has 3 N–H and O–H groups in total. The lowest BCUT2D eigenvalue weighted by molar-refractivity contribution is -0.124. The van der Waals surface area contributed by atoms with Crippen LogP contribution >= 0.6 is 23.7 Å². The average Bonchev–Trinajstić information content (AvgIpc) is 2.77. The Morgan fingerprint density at radius 3 is 2.62 bits per heavy atom. The van der Waals surface area contributed by atoms with Crippen LogP contribution in [0.5, 0.6) is 0 Å². The summed E-state index contributed by atoms with van der Waals surface area (Å²) in [5, 5.41) is 4.08. The van der Waals surface area contributed by atoms with Crippen LogP contribution in [0.2, 0.25) is 0 Å². The molecular formula is C15H23ClN2O2S. The van der Waals surface area contributed by atoms with Gasteiger partial charge in [-0.25, -0.2) is 0 Å². The van der Waals surface area contributed by atoms with Crippen molar-refractivity contribution in [3.8, 4) is 0 Å². The second kappa shape index (κ2) is 6.65. The smallest absolute Gasteiger partial charge is 0.245 e. The SMILES string of the molecule is Cc1c(NC(=O)C2(N)CCOCC2)sc2c1CCCC2.Cl. The molecule has 0 unspecified atom stereocenters. The predicted molar refractivity (Wildman–Crippen MR) is 88.5 cm³/mol. The number of aryl methyl sites for hydroxylation is 1. The normalized spacial score (nSPS) is 20.3. The Balaban J connectivity index is 0.00000161. The van der Waals surface area contributed by atoms with Crippen molar-refractivity contribution in [2.75, 3.05) is 18.5 Å². The number of carbonyl (C=O) groups is 1. The molecule has 1 aromatic heterocycles. The van der Waals surface area contributed by atoms with Crippen molar-refractivity contribution >= 4 is 34.7 Å². The van der Waals surface area contributed by atoms with E-state index in [1.165, 1.54) is 28.8 Å². The molecule has 4 nitrogen and oxygen atoms in total. The maximum atomic E-state index is 12.5. The Kier molecular flexibility index (Phi) is 5.30. The van der Waals surface area contributed by atoms with Crippen molar-refractivity contribution in [1.82, 2.24) is 0 Å². The lowest BCUT2D eigenvalue weighted by Gasteiger charge is -2.31. The fourth-order valence-corrected chi connectivity index (χ4v) is 4.32. The van der Waals surface area contributed by atoms with Crippen molar-refractivity contribution < 1.29 is 9.53 Å². The number of rotatable bonds is 2. The van der Waals surface area contributed by atoms with E-state index < -0.39 is 5.54 Å². The van der Waals surface area contributed by atoms with Gasteiger partial charge in [0.1, 0.15) is 5.54 Å². The molecule has 1 saturated heterocycles. The lowest BCUT2D eigenvalue weighted by Crippen LogP contribution is -2.54. The van der Waals surface area contributed by atoms with E-state index in [1.807, 2.05) is 0 Å². The van der Waals surface area contributed by atoms with E-state index in [2.05, 4.69) is 12.2 Å². The van der Waals surface area contributed by atoms with Crippen LogP contribution in [-0.2, 0) is 22.4 Å². The zero-order valence-corrected chi connectivity index (χ0v) is 14.0. The molecule has 1 aliphatic carbocycles. The third-order valence-electron chi connectivity index (χ3n) is 4.50. The second-order valence-corrected chi connectivity index (χ2v) is 6.99. The number of hydrogen-bond donors (Lipinski definition) is 2. The van der Waals surface area contributed by atoms with Gasteiger partial charge in [-0.1, -0.05) is 0 Å². The van der Waals surface area contributed by atoms with Gasteiger partial charge in [-0.05, 0) is 56.6 Å². The molecule has 0 saturated carbocycles. The number of ether oxygens (including phenoxy) is 1. The van der Waals surface area contributed by atoms with E-state index in [0.717, 1.165) is 17.8 Å². The molecule has 2 heterocycles. The highest BCUT2D eigenvalue weighted by Gasteiger charge is 2.36. The number of amides is 1. The Morgan fingerprint density at radius 1 is 1.29 bits per heavy atom. The van der Waals surface area contributed by atoms with E-state index in [-0.39, 0.29) is 18.3 Å². The van der Waals surface area contributed by atoms with Crippen LogP contribution in [-0.4, -0.2) is 24.7 Å². The summed E-state index contributed by atoms with van der Waals surface area (Å²) in [6.45, 7) is 3.26. The average molecular weight is 331 g/mol. The van der Waals surface area contributed by atoms with Gasteiger partial charge in [0.15, 0.2) is 0 Å². The molecule has 0 atom stereocenters. The van der Waals surface area contributed by atoms with Gasteiger partial charge in [0, 0.05) is 18.1 Å². The third-order valence-corrected chi connectivity index (χ3v) is 5.81. The molecule has 1 aliphatic heterocycles. The molecule has 1 aromatic rings. The summed E-state index contributed by atoms with van der Waals surface area (Å²) >= 11 is 1.73. The van der Waals surface area contributed by atoms with Gasteiger partial charge >= 0.3 is 0 Å². The summed E-state index contributed by atoms with van der Waals surface area (Å²) in [6.07, 6.45) is 6.02. The minimum absolute atomic E-state index is 0. The number of nitrogens with one attached hydrogen (secondary N) is 1. The first-order chi connectivity index (χ1) is 9.60. The number of anilines is 1. The number of halogens is 1. The second-order valence-electron chi connectivity index (χ2n) is 5.89. The number of nitrogens with two attached hydrogens (primary N) is 1. The summed E-state index contributed by atoms with van der Waals surface area (Å²) < 4.78 is 5.30. The molecule has 3 rings (SSSR count). The van der Waals surface area contributed by atoms with Crippen LogP contribution in [0.3, 0.4) is 0 Å². The van der Waals surface area contributed by atoms with Gasteiger partial charge in [-0.3, -0.25) is 4.79 Å². The molecule has 1 amide bonds. The first kappa shape index (κ1) is 16.7. The zero-order valence-electron chi connectivity index (χ0n) is 12.4. The predicted octanol–water partition coefficient (Wildman–Crippen LogP) is 2.80. The van der Waals surface area contributed by atoms with Gasteiger partial charge in [0.25, 0.3) is 0 Å². The molecule has 0 radical (unpaired) electrons. The van der Waals surface area contributed by atoms with E-state index in [1.54, 1.807) is 11.3 Å². The maximum Gasteiger partial charge on any atom is 0.245 e. The first-order valence-corrected chi connectivity index (χ1v) is 8.21. The molecule has 6 heteroatoms. The molecule has 1 fully saturated rings. The van der Waals surface area contributed by atoms with Gasteiger partial charge < -0.3 is 15.8 Å². The lowest BCUT2D eigenvalue weighted by atomic mass is 9.90. The quantitative estimate of drug-likeness (QED) is 0.876. The van der Waals surface area contributed by atoms with Crippen molar-refractivity contribution in [3.05, 3.63) is 16.0 Å². The topological polar surface area (TPSA) is 64.4 Å². The van der Waals surface area contributed by atoms with E-state index in [4.69, 9.17) is 10.5 Å². The van der Waals surface area contributed by atoms with Crippen molar-refractivity contribution in [2.45, 2.75) is 51.0 Å². The van der Waals surface area contributed by atoms with Crippen LogP contribution in [0.15, 0.2) is 0 Å². The fraction of sp³-hybridized carbons (Fsp3) is 0.667. The minimum Gasteiger partial charge on any atom is -0.381 e. The Labute approximate surface area is 135 Å². The Bertz CT molecular complexity index is 524. The summed E-state index contributed by atoms with van der Waals surface area (Å²) in [5.41, 5.74) is 8.16. The number of carbonyl (C=O) groups excluding carboxylic acids is 1. The van der Waals surface area contributed by atoms with E-state index >= 15 is 0 Å². The fourth-order valence-electron chi connectivity index (χ4n) is 3.03. The highest BCUT2D eigenvalue weighted by Crippen LogP contribution is 2.38. The van der Waals surface area contributed by atoms with Crippen molar-refractivity contribution in [1.29, 1.82) is 0 Å². The highest BCUT2D eigenvalue weighted by molar-refractivity contribution is 7.16. The van der Waals surface area contributed by atoms with Crippen molar-refractivity contribution in [3.63, 3.8) is 0 Å². The monoisotopic (exact) mass is 330 g/mol. The summed E-state index contributed by atoms with van der Waals surface area (Å²) in [7, 11) is 0. The van der Waals surface area contributed by atoms with Gasteiger partial charge in [0.2, 0.25) is 5.91 Å². The third kappa shape index (κ3) is 3.26. The van der Waals surface area contributed by atoms with E-state index in [0.29, 0.717) is 26.1 Å². The standard InChI is InChI=1S/C15H22N2O2S.ClH/c1-10-11-4-2-3-5-12(11)20-13(10)17-14(18)15(16)6-8-19-9-7-15;/h2-9,16H2,1H3,(H,17,18);1H. The highest BCUT2D eigenvalue weighted by atomic mass is 35.5. The summed E-state index contributed by atoms with van der Waals surface area (Å²) in [4.78, 5) is 13.9. The molecule has 118 valence electrons. The van der Waals surface area contributed by atoms with Crippen LogP contribution in [0.4, 0.5) is 5.00 Å². The molecule has 0 bridgehead atoms. The molecule has 2 aliphatic rings. The zero-order chi connectivity index (χ0) is 14.2. The van der Waals surface area contributed by atoms with E-state index in [9.17, 15) is 4.79 Å². The summed E-state index contributed by atoms with van der Waals surface area (Å²) in [5.74, 6) is -0.0532. The first-order valence-electron chi connectivity index (χ1n) is 7.39. The maximum absolute atomic E-state index is 12.5. The number of thiophene rings is 1. The molecule has 21 heavy (non-hydrogen) atoms. The Morgan fingerprint density at radius 2 is 1.95 bits per heavy atom. The van der Waals surface area contributed by atoms with Gasteiger partial charge in [-0.2, -0.15) is 0 Å². The van der Waals surface area contributed by atoms with Crippen LogP contribution < -0.4 is 11.1 Å². The summed E-state index contributed by atoms with van der Waals surface area (Å²) in [6, 6.07) is 0. The van der Waals surface area contributed by atoms with Crippen molar-refractivity contribution in [2.24, 2.45) is 5.73 Å². The van der Waals surface area contributed by atoms with Gasteiger partial charge in [-0.15, -0.1) is 23.7 Å². The number of fused-ring (bicyclic) bond motifs is 1. The van der Waals surface area contributed by atoms with Gasteiger partial charge in [0.05, 0.1) is 5.00 Å². The van der Waals surface area contributed by atoms with Crippen LogP contribution in [0.25, 0.3) is 0 Å². The molecule has 0 aromatic carbocycles. The molecule has 0 spiro atoms.